The van der Waals surface area contributed by atoms with Crippen LogP contribution in [0.1, 0.15) is 62.1 Å². The van der Waals surface area contributed by atoms with E-state index in [4.69, 9.17) is 24.0 Å². The average Bonchev–Trinajstić information content (AvgIpc) is 3.72. The third-order valence-electron chi connectivity index (χ3n) is 13.1. The molecule has 2 aromatic carbocycles. The SMILES string of the molecule is CCOCCOCCn1cc2cc(C[C@@H](NC(=O)N3CCC(c4cc5ccccc5n(CCOCCOCC)c4=O)CC3)C(=O)N3CCN(C4CCN(C)CC4)CC3)cc(C)c2n1. The number of pyridine rings is 1. The zero-order chi connectivity index (χ0) is 44.1. The summed E-state index contributed by atoms with van der Waals surface area (Å²) in [6.45, 7) is 17.6. The lowest BCUT2D eigenvalue weighted by Gasteiger charge is -2.43. The van der Waals surface area contributed by atoms with E-state index in [0.717, 1.165) is 77.5 Å². The fourth-order valence-electron chi connectivity index (χ4n) is 9.53. The van der Waals surface area contributed by atoms with Crippen LogP contribution < -0.4 is 10.9 Å². The highest BCUT2D eigenvalue weighted by atomic mass is 16.5. The van der Waals surface area contributed by atoms with Gasteiger partial charge >= 0.3 is 6.03 Å². The van der Waals surface area contributed by atoms with Gasteiger partial charge in [-0.2, -0.15) is 5.10 Å². The molecule has 0 radical (unpaired) electrons. The van der Waals surface area contributed by atoms with Gasteiger partial charge in [0.15, 0.2) is 0 Å². The standard InChI is InChI=1S/C48H70N8O7/c1-5-60-27-29-62-25-23-55-35-40-32-37(31-36(3)45(40)50-55)33-43(47(58)53-21-19-52(20-22-53)41-13-15-51(4)16-14-41)49-48(59)54-17-11-38(12-18-54)42-34-39-9-7-8-10-44(39)56(46(42)57)24-26-63-30-28-61-6-2/h7-10,31-32,34-35,38,41,43H,5-6,11-30,33H2,1-4H3,(H,49,59)/t43-/m1/s1. The number of ether oxygens (including phenoxy) is 4. The highest BCUT2D eigenvalue weighted by Crippen LogP contribution is 2.29. The summed E-state index contributed by atoms with van der Waals surface area (Å²) in [6, 6.07) is 13.8. The van der Waals surface area contributed by atoms with Gasteiger partial charge in [-0.1, -0.05) is 24.3 Å². The van der Waals surface area contributed by atoms with Crippen LogP contribution in [0.2, 0.25) is 0 Å². The first-order valence-corrected chi connectivity index (χ1v) is 23.4. The van der Waals surface area contributed by atoms with Crippen LogP contribution >= 0.6 is 0 Å². The maximum atomic E-state index is 14.5. The van der Waals surface area contributed by atoms with Gasteiger partial charge in [0.1, 0.15) is 6.04 Å². The van der Waals surface area contributed by atoms with Crippen LogP contribution in [0.25, 0.3) is 21.8 Å². The minimum absolute atomic E-state index is 0.00441. The molecule has 0 spiro atoms. The molecule has 15 heteroatoms. The Morgan fingerprint density at radius 1 is 0.762 bits per heavy atom. The van der Waals surface area contributed by atoms with E-state index < -0.39 is 6.04 Å². The molecule has 0 unspecified atom stereocenters. The molecule has 4 aromatic rings. The monoisotopic (exact) mass is 871 g/mol. The molecule has 5 heterocycles. The van der Waals surface area contributed by atoms with E-state index >= 15 is 0 Å². The molecule has 63 heavy (non-hydrogen) atoms. The molecular formula is C48H70N8O7. The Kier molecular flexibility index (Phi) is 17.0. The Morgan fingerprint density at radius 2 is 1.43 bits per heavy atom. The van der Waals surface area contributed by atoms with Gasteiger partial charge < -0.3 is 43.5 Å². The lowest BCUT2D eigenvalue weighted by molar-refractivity contribution is -0.135. The molecule has 3 saturated heterocycles. The third-order valence-corrected chi connectivity index (χ3v) is 13.1. The number of benzene rings is 2. The molecule has 1 atom stereocenters. The zero-order valence-corrected chi connectivity index (χ0v) is 38.1. The van der Waals surface area contributed by atoms with Crippen molar-refractivity contribution in [3.63, 3.8) is 0 Å². The van der Waals surface area contributed by atoms with E-state index in [1.807, 2.05) is 76.3 Å². The predicted octanol–water partition coefficient (Wildman–Crippen LogP) is 4.50. The summed E-state index contributed by atoms with van der Waals surface area (Å²) in [7, 11) is 2.18. The van der Waals surface area contributed by atoms with Gasteiger partial charge in [0, 0.05) is 88.6 Å². The second-order valence-corrected chi connectivity index (χ2v) is 17.3. The van der Waals surface area contributed by atoms with Crippen molar-refractivity contribution in [3.8, 4) is 0 Å². The number of nitrogens with zero attached hydrogens (tertiary/aromatic N) is 7. The number of rotatable bonds is 20. The number of aryl methyl sites for hydroxylation is 1. The topological polar surface area (TPSA) is 136 Å². The van der Waals surface area contributed by atoms with Gasteiger partial charge in [-0.3, -0.25) is 19.2 Å². The maximum Gasteiger partial charge on any atom is 0.318 e. The second-order valence-electron chi connectivity index (χ2n) is 17.3. The number of fused-ring (bicyclic) bond motifs is 2. The van der Waals surface area contributed by atoms with Crippen molar-refractivity contribution in [2.45, 2.75) is 84.0 Å². The van der Waals surface area contributed by atoms with E-state index in [2.05, 4.69) is 34.3 Å². The highest BCUT2D eigenvalue weighted by molar-refractivity contribution is 5.88. The number of hydrogen-bond donors (Lipinski definition) is 1. The first kappa shape index (κ1) is 46.6. The third kappa shape index (κ3) is 12.3. The molecular weight excluding hydrogens is 801 g/mol. The number of hydrogen-bond acceptors (Lipinski definition) is 10. The number of carbonyl (C=O) groups excluding carboxylic acids is 2. The number of likely N-dealkylation sites (tertiary alicyclic amines) is 2. The lowest BCUT2D eigenvalue weighted by atomic mass is 9.89. The van der Waals surface area contributed by atoms with Crippen LogP contribution in [0.15, 0.2) is 53.5 Å². The average molecular weight is 871 g/mol. The quantitative estimate of drug-likeness (QED) is 0.127. The number of piperazine rings is 1. The van der Waals surface area contributed by atoms with Gasteiger partial charge in [-0.05, 0) is 107 Å². The zero-order valence-electron chi connectivity index (χ0n) is 38.1. The largest absolute Gasteiger partial charge is 0.379 e. The predicted molar refractivity (Wildman–Crippen MR) is 246 cm³/mol. The normalized spacial score (nSPS) is 17.8. The first-order valence-electron chi connectivity index (χ1n) is 23.4. The minimum atomic E-state index is -0.737. The summed E-state index contributed by atoms with van der Waals surface area (Å²) >= 11 is 0. The molecule has 3 fully saturated rings. The van der Waals surface area contributed by atoms with Crippen molar-refractivity contribution in [2.75, 3.05) is 112 Å². The van der Waals surface area contributed by atoms with Crippen LogP contribution in [-0.4, -0.2) is 170 Å². The fraction of sp³-hybridized carbons (Fsp3) is 0.625. The lowest BCUT2D eigenvalue weighted by Crippen LogP contribution is -2.59. The van der Waals surface area contributed by atoms with Crippen molar-refractivity contribution in [1.82, 2.24) is 39.3 Å². The van der Waals surface area contributed by atoms with Crippen LogP contribution in [0.3, 0.4) is 0 Å². The van der Waals surface area contributed by atoms with E-state index in [1.165, 1.54) is 0 Å². The summed E-state index contributed by atoms with van der Waals surface area (Å²) < 4.78 is 26.1. The van der Waals surface area contributed by atoms with E-state index in [1.54, 1.807) is 0 Å². The molecule has 3 aliphatic rings. The molecule has 2 aromatic heterocycles. The molecule has 7 rings (SSSR count). The molecule has 1 N–H and O–H groups in total. The van der Waals surface area contributed by atoms with Crippen LogP contribution in [-0.2, 0) is 43.3 Å². The number of nitrogens with one attached hydrogen (secondary N) is 1. The Bertz CT molecular complexity index is 2150. The number of amides is 3. The molecule has 0 saturated carbocycles. The molecule has 0 bridgehead atoms. The number of urea groups is 1. The number of aromatic nitrogens is 3. The van der Waals surface area contributed by atoms with Gasteiger partial charge in [-0.25, -0.2) is 4.79 Å². The first-order chi connectivity index (χ1) is 30.7. The van der Waals surface area contributed by atoms with Crippen molar-refractivity contribution >= 4 is 33.7 Å². The summed E-state index contributed by atoms with van der Waals surface area (Å²) in [6.07, 6.45) is 6.01. The van der Waals surface area contributed by atoms with Gasteiger partial charge in [0.25, 0.3) is 5.56 Å². The van der Waals surface area contributed by atoms with Crippen molar-refractivity contribution in [2.24, 2.45) is 0 Å². The smallest absolute Gasteiger partial charge is 0.318 e. The Balaban J connectivity index is 1.02. The Hall–Kier alpha value is -4.38. The number of para-hydroxylation sites is 1. The van der Waals surface area contributed by atoms with Crippen molar-refractivity contribution in [3.05, 3.63) is 75.7 Å². The fourth-order valence-corrected chi connectivity index (χ4v) is 9.53. The summed E-state index contributed by atoms with van der Waals surface area (Å²) in [5.41, 5.74) is 4.57. The van der Waals surface area contributed by atoms with Crippen LogP contribution in [0.5, 0.6) is 0 Å². The minimum Gasteiger partial charge on any atom is -0.379 e. The molecule has 0 aliphatic carbocycles. The van der Waals surface area contributed by atoms with Gasteiger partial charge in [-0.15, -0.1) is 0 Å². The van der Waals surface area contributed by atoms with E-state index in [0.29, 0.717) is 117 Å². The highest BCUT2D eigenvalue weighted by Gasteiger charge is 2.34. The molecule has 3 aliphatic heterocycles. The molecule has 344 valence electrons. The van der Waals surface area contributed by atoms with E-state index in [-0.39, 0.29) is 23.4 Å². The molecule has 15 nitrogen and oxygen atoms in total. The number of carbonyl (C=O) groups is 2. The summed E-state index contributed by atoms with van der Waals surface area (Å²) in [4.78, 5) is 51.5. The Labute approximate surface area is 372 Å². The maximum absolute atomic E-state index is 14.5. The van der Waals surface area contributed by atoms with E-state index in [9.17, 15) is 14.4 Å². The summed E-state index contributed by atoms with van der Waals surface area (Å²) in [5.74, 6) is -0.0377. The molecule has 3 amide bonds. The van der Waals surface area contributed by atoms with Crippen LogP contribution in [0.4, 0.5) is 4.79 Å². The second kappa shape index (κ2) is 23.0. The van der Waals surface area contributed by atoms with Crippen molar-refractivity contribution < 1.29 is 28.5 Å². The van der Waals surface area contributed by atoms with Crippen molar-refractivity contribution in [1.29, 1.82) is 0 Å². The Morgan fingerprint density at radius 3 is 2.13 bits per heavy atom. The summed E-state index contributed by atoms with van der Waals surface area (Å²) in [5, 5.41) is 10.0. The van der Waals surface area contributed by atoms with Crippen LogP contribution in [0, 0.1) is 6.92 Å². The van der Waals surface area contributed by atoms with Gasteiger partial charge in [0.05, 0.1) is 57.2 Å². The van der Waals surface area contributed by atoms with Gasteiger partial charge in [0.2, 0.25) is 5.91 Å². The number of piperidine rings is 2.